The summed E-state index contributed by atoms with van der Waals surface area (Å²) < 4.78 is 3.96. The van der Waals surface area contributed by atoms with E-state index in [-0.39, 0.29) is 18.6 Å². The van der Waals surface area contributed by atoms with Crippen molar-refractivity contribution in [3.05, 3.63) is 0 Å². The molecule has 0 unspecified atom stereocenters. The number of ether oxygens (including phenoxy) is 1. The minimum atomic E-state index is 0. The van der Waals surface area contributed by atoms with Crippen LogP contribution < -0.4 is 0 Å². The Bertz CT molecular complexity index is 23.6. The third-order valence-electron chi connectivity index (χ3n) is 0.102. The van der Waals surface area contributed by atoms with Gasteiger partial charge < -0.3 is 10.1 Å². The van der Waals surface area contributed by atoms with Gasteiger partial charge in [0.1, 0.15) is 0 Å². The molecule has 0 aliphatic carbocycles. The molecule has 0 spiro atoms. The molecule has 0 aromatic carbocycles. The van der Waals surface area contributed by atoms with Gasteiger partial charge in [-0.15, -0.1) is 0 Å². The molecule has 5 heavy (non-hydrogen) atoms. The average Bonchev–Trinajstić information content (AvgIpc) is 1.37. The molecule has 0 aliphatic rings. The van der Waals surface area contributed by atoms with E-state index in [1.807, 2.05) is 0 Å². The van der Waals surface area contributed by atoms with Gasteiger partial charge in [0, 0.05) is 25.7 Å². The van der Waals surface area contributed by atoms with Gasteiger partial charge in [0.15, 0.2) is 0 Å². The maximum absolute atomic E-state index is 5.98. The van der Waals surface area contributed by atoms with Gasteiger partial charge in [-0.3, -0.25) is 0 Å². The summed E-state index contributed by atoms with van der Waals surface area (Å²) in [6.45, 7) is 0. The summed E-state index contributed by atoms with van der Waals surface area (Å²) in [5, 5.41) is 5.98. The van der Waals surface area contributed by atoms with Crippen LogP contribution in [-0.4, -0.2) is 13.5 Å². The molecule has 1 N–H and O–H groups in total. The first-order valence-corrected chi connectivity index (χ1v) is 0.862. The van der Waals surface area contributed by atoms with Gasteiger partial charge in [-0.25, -0.2) is 6.40 Å². The van der Waals surface area contributed by atoms with Crippen LogP contribution in [-0.2, 0) is 23.3 Å². The summed E-state index contributed by atoms with van der Waals surface area (Å²) in [5.41, 5.74) is 0. The van der Waals surface area contributed by atoms with Crippen molar-refractivity contribution in [1.29, 1.82) is 5.41 Å². The van der Waals surface area contributed by atoms with Crippen LogP contribution in [0.3, 0.4) is 0 Å². The Morgan fingerprint density at radius 1 is 1.80 bits per heavy atom. The second kappa shape index (κ2) is 8.96. The largest absolute Gasteiger partial charge is 0.677 e. The average molecular weight is 109 g/mol. The Kier molecular flexibility index (Phi) is 16.0. The number of hydrogen-bond acceptors (Lipinski definition) is 2. The summed E-state index contributed by atoms with van der Waals surface area (Å²) in [4.78, 5) is 0. The SMILES string of the molecule is CO[C-]=N.[V]. The fourth-order valence-corrected chi connectivity index (χ4v) is 0. The third-order valence-corrected chi connectivity index (χ3v) is 0.102. The summed E-state index contributed by atoms with van der Waals surface area (Å²) in [7, 11) is 1.38. The fraction of sp³-hybridized carbons (Fsp3) is 0.500. The Balaban J connectivity index is 0. The molecular weight excluding hydrogens is 105 g/mol. The van der Waals surface area contributed by atoms with Crippen molar-refractivity contribution in [2.24, 2.45) is 0 Å². The van der Waals surface area contributed by atoms with Crippen molar-refractivity contribution >= 4 is 6.40 Å². The molecule has 0 bridgehead atoms. The first kappa shape index (κ1) is 8.91. The zero-order chi connectivity index (χ0) is 3.41. The van der Waals surface area contributed by atoms with Crippen molar-refractivity contribution in [3.63, 3.8) is 0 Å². The molecule has 0 amide bonds. The van der Waals surface area contributed by atoms with Crippen molar-refractivity contribution in [2.45, 2.75) is 0 Å². The third kappa shape index (κ3) is 15.4. The smallest absolute Gasteiger partial charge is 0.0348 e. The second-order valence-electron chi connectivity index (χ2n) is 0.306. The van der Waals surface area contributed by atoms with Crippen LogP contribution in [0.4, 0.5) is 0 Å². The van der Waals surface area contributed by atoms with Gasteiger partial charge in [-0.05, 0) is 0 Å². The monoisotopic (exact) mass is 109 g/mol. The molecule has 0 aromatic rings. The Morgan fingerprint density at radius 3 is 2.00 bits per heavy atom. The van der Waals surface area contributed by atoms with E-state index in [9.17, 15) is 0 Å². The second-order valence-corrected chi connectivity index (χ2v) is 0.306. The maximum atomic E-state index is 5.98. The van der Waals surface area contributed by atoms with Crippen LogP contribution in [0.15, 0.2) is 0 Å². The minimum Gasteiger partial charge on any atom is -0.677 e. The van der Waals surface area contributed by atoms with Gasteiger partial charge in [0.25, 0.3) is 0 Å². The van der Waals surface area contributed by atoms with Gasteiger partial charge in [-0.2, -0.15) is 0 Å². The molecule has 0 saturated carbocycles. The minimum absolute atomic E-state index is 0. The zero-order valence-electron chi connectivity index (χ0n) is 2.86. The first-order valence-electron chi connectivity index (χ1n) is 0.862. The molecule has 0 rings (SSSR count). The van der Waals surface area contributed by atoms with Crippen molar-refractivity contribution in [1.82, 2.24) is 0 Å². The summed E-state index contributed by atoms with van der Waals surface area (Å²) >= 11 is 0. The van der Waals surface area contributed by atoms with Crippen LogP contribution in [0.5, 0.6) is 0 Å². The van der Waals surface area contributed by atoms with Gasteiger partial charge >= 0.3 is 0 Å². The van der Waals surface area contributed by atoms with E-state index in [0.29, 0.717) is 0 Å². The molecule has 0 fully saturated rings. The summed E-state index contributed by atoms with van der Waals surface area (Å²) in [6.07, 6.45) is 1.68. The van der Waals surface area contributed by atoms with Gasteiger partial charge in [0.2, 0.25) is 0 Å². The number of hydrogen-bond donors (Lipinski definition) is 1. The van der Waals surface area contributed by atoms with E-state index >= 15 is 0 Å². The van der Waals surface area contributed by atoms with Crippen LogP contribution in [0, 0.1) is 5.41 Å². The first-order chi connectivity index (χ1) is 1.91. The number of nitrogens with one attached hydrogen (secondary N) is 1. The van der Waals surface area contributed by atoms with Gasteiger partial charge in [0.05, 0.1) is 0 Å². The van der Waals surface area contributed by atoms with Crippen molar-refractivity contribution in [3.8, 4) is 0 Å². The van der Waals surface area contributed by atoms with E-state index in [4.69, 9.17) is 5.41 Å². The maximum Gasteiger partial charge on any atom is 0.0348 e. The van der Waals surface area contributed by atoms with E-state index in [0.717, 1.165) is 0 Å². The Labute approximate surface area is 42.9 Å². The molecule has 29 valence electrons. The standard InChI is InChI=1S/C2H4NO.V/c1-4-2-3;/h3H,1H3;/q-1;. The van der Waals surface area contributed by atoms with Gasteiger partial charge in [-0.1, -0.05) is 0 Å². The van der Waals surface area contributed by atoms with E-state index in [2.05, 4.69) is 4.74 Å². The normalized spacial score (nSPS) is 4.20. The van der Waals surface area contributed by atoms with Crippen LogP contribution in [0.25, 0.3) is 0 Å². The molecule has 0 atom stereocenters. The van der Waals surface area contributed by atoms with E-state index in [1.54, 1.807) is 6.40 Å². The Hall–Kier alpha value is 0.0544. The Morgan fingerprint density at radius 2 is 2.00 bits per heavy atom. The van der Waals surface area contributed by atoms with Crippen molar-refractivity contribution < 1.29 is 23.3 Å². The molecule has 0 aliphatic heterocycles. The van der Waals surface area contributed by atoms with E-state index < -0.39 is 0 Å². The zero-order valence-corrected chi connectivity index (χ0v) is 4.25. The molecule has 3 heteroatoms. The molecule has 0 heterocycles. The summed E-state index contributed by atoms with van der Waals surface area (Å²) in [6, 6.07) is 0. The predicted molar refractivity (Wildman–Crippen MR) is 14.7 cm³/mol. The summed E-state index contributed by atoms with van der Waals surface area (Å²) in [5.74, 6) is 0. The number of methoxy groups -OCH3 is 1. The van der Waals surface area contributed by atoms with Crippen LogP contribution in [0.2, 0.25) is 0 Å². The molecule has 1 radical (unpaired) electrons. The molecular formula is C2H4NOV-. The fourth-order valence-electron chi connectivity index (χ4n) is 0. The van der Waals surface area contributed by atoms with Crippen molar-refractivity contribution in [2.75, 3.05) is 7.11 Å². The predicted octanol–water partition coefficient (Wildman–Crippen LogP) is 0.114. The topological polar surface area (TPSA) is 33.1 Å². The quantitative estimate of drug-likeness (QED) is 0.289. The molecule has 0 aromatic heterocycles. The molecule has 2 nitrogen and oxygen atoms in total. The molecule has 0 saturated heterocycles. The van der Waals surface area contributed by atoms with Crippen LogP contribution >= 0.6 is 0 Å². The van der Waals surface area contributed by atoms with Crippen LogP contribution in [0.1, 0.15) is 0 Å². The number of rotatable bonds is 1. The van der Waals surface area contributed by atoms with E-state index in [1.165, 1.54) is 7.11 Å².